The Kier molecular flexibility index (Phi) is 6.39. The van der Waals surface area contributed by atoms with Crippen molar-refractivity contribution in [3.63, 3.8) is 0 Å². The molecule has 2 nitrogen and oxygen atoms in total. The van der Waals surface area contributed by atoms with E-state index in [9.17, 15) is 0 Å². The molecule has 0 bridgehead atoms. The van der Waals surface area contributed by atoms with Crippen molar-refractivity contribution in [2.45, 2.75) is 46.0 Å². The van der Waals surface area contributed by atoms with Crippen LogP contribution in [0.2, 0.25) is 0 Å². The summed E-state index contributed by atoms with van der Waals surface area (Å²) in [4.78, 5) is 0. The highest BCUT2D eigenvalue weighted by atomic mass is 14.6. The average Bonchev–Trinajstić information content (AvgIpc) is 2.14. The van der Waals surface area contributed by atoms with E-state index < -0.39 is 0 Å². The molecule has 4 N–H and O–H groups in total. The van der Waals surface area contributed by atoms with Crippen LogP contribution in [0, 0.1) is 5.41 Å². The highest BCUT2D eigenvalue weighted by Gasteiger charge is 2.22. The Bertz CT molecular complexity index is 89.7. The van der Waals surface area contributed by atoms with Crippen molar-refractivity contribution in [3.05, 3.63) is 0 Å². The zero-order chi connectivity index (χ0) is 9.45. The first-order valence-electron chi connectivity index (χ1n) is 5.14. The smallest absolute Gasteiger partial charge is 0.00207 e. The quantitative estimate of drug-likeness (QED) is 0.576. The van der Waals surface area contributed by atoms with Crippen LogP contribution in [0.15, 0.2) is 0 Å². The van der Waals surface area contributed by atoms with Crippen molar-refractivity contribution < 1.29 is 0 Å². The largest absolute Gasteiger partial charge is 0.330 e. The lowest BCUT2D eigenvalue weighted by molar-refractivity contribution is 0.242. The van der Waals surface area contributed by atoms with Gasteiger partial charge in [-0.3, -0.25) is 0 Å². The van der Waals surface area contributed by atoms with Gasteiger partial charge in [-0.2, -0.15) is 0 Å². The molecule has 2 heteroatoms. The van der Waals surface area contributed by atoms with Gasteiger partial charge >= 0.3 is 0 Å². The fourth-order valence-corrected chi connectivity index (χ4v) is 1.64. The fourth-order valence-electron chi connectivity index (χ4n) is 1.64. The fraction of sp³-hybridized carbons (Fsp3) is 1.00. The zero-order valence-electron chi connectivity index (χ0n) is 8.60. The van der Waals surface area contributed by atoms with E-state index in [4.69, 9.17) is 11.5 Å². The molecule has 0 atom stereocenters. The zero-order valence-corrected chi connectivity index (χ0v) is 8.60. The van der Waals surface area contributed by atoms with E-state index in [-0.39, 0.29) is 0 Å². The minimum Gasteiger partial charge on any atom is -0.330 e. The second kappa shape index (κ2) is 6.44. The van der Waals surface area contributed by atoms with Crippen LogP contribution >= 0.6 is 0 Å². The van der Waals surface area contributed by atoms with Gasteiger partial charge in [0.2, 0.25) is 0 Å². The van der Waals surface area contributed by atoms with Crippen LogP contribution in [-0.4, -0.2) is 13.1 Å². The Morgan fingerprint density at radius 2 is 1.58 bits per heavy atom. The van der Waals surface area contributed by atoms with Gasteiger partial charge in [-0.25, -0.2) is 0 Å². The van der Waals surface area contributed by atoms with Crippen molar-refractivity contribution in [1.29, 1.82) is 0 Å². The predicted molar refractivity (Wildman–Crippen MR) is 55.0 cm³/mol. The van der Waals surface area contributed by atoms with E-state index in [0.717, 1.165) is 19.5 Å². The first-order valence-corrected chi connectivity index (χ1v) is 5.14. The maximum Gasteiger partial charge on any atom is -0.00207 e. The Morgan fingerprint density at radius 3 is 1.92 bits per heavy atom. The van der Waals surface area contributed by atoms with E-state index in [1.807, 2.05) is 0 Å². The summed E-state index contributed by atoms with van der Waals surface area (Å²) < 4.78 is 0. The van der Waals surface area contributed by atoms with E-state index in [0.29, 0.717) is 5.41 Å². The second-order valence-electron chi connectivity index (χ2n) is 3.66. The molecule has 0 saturated carbocycles. The molecular weight excluding hydrogens is 148 g/mol. The van der Waals surface area contributed by atoms with Gasteiger partial charge in [-0.1, -0.05) is 20.3 Å². The van der Waals surface area contributed by atoms with E-state index in [1.54, 1.807) is 0 Å². The molecule has 0 aliphatic heterocycles. The van der Waals surface area contributed by atoms with Crippen LogP contribution in [0.4, 0.5) is 0 Å². The summed E-state index contributed by atoms with van der Waals surface area (Å²) in [5, 5.41) is 0. The van der Waals surface area contributed by atoms with Crippen molar-refractivity contribution in [2.24, 2.45) is 16.9 Å². The summed E-state index contributed by atoms with van der Waals surface area (Å²) in [7, 11) is 0. The molecule has 0 rings (SSSR count). The number of nitrogens with two attached hydrogens (primary N) is 2. The van der Waals surface area contributed by atoms with Gasteiger partial charge in [-0.05, 0) is 44.2 Å². The highest BCUT2D eigenvalue weighted by molar-refractivity contribution is 4.77. The van der Waals surface area contributed by atoms with Crippen LogP contribution < -0.4 is 11.5 Å². The average molecular weight is 172 g/mol. The number of rotatable bonds is 7. The summed E-state index contributed by atoms with van der Waals surface area (Å²) in [5.41, 5.74) is 11.6. The first-order chi connectivity index (χ1) is 5.74. The summed E-state index contributed by atoms with van der Waals surface area (Å²) >= 11 is 0. The number of hydrogen-bond acceptors (Lipinski definition) is 2. The van der Waals surface area contributed by atoms with E-state index >= 15 is 0 Å². The second-order valence-corrected chi connectivity index (χ2v) is 3.66. The van der Waals surface area contributed by atoms with Gasteiger partial charge in [0.1, 0.15) is 0 Å². The summed E-state index contributed by atoms with van der Waals surface area (Å²) in [6.07, 6.45) is 6.01. The molecule has 0 unspecified atom stereocenters. The van der Waals surface area contributed by atoms with Crippen LogP contribution in [0.5, 0.6) is 0 Å². The Balaban J connectivity index is 3.76. The van der Waals surface area contributed by atoms with E-state index in [1.165, 1.54) is 25.7 Å². The summed E-state index contributed by atoms with van der Waals surface area (Å²) in [6, 6.07) is 0. The molecule has 0 aromatic heterocycles. The maximum absolute atomic E-state index is 5.78. The topological polar surface area (TPSA) is 52.0 Å². The standard InChI is InChI=1S/C10H24N2/c1-3-10(4-2,9-12)7-5-6-8-11/h3-9,11-12H2,1-2H3. The first kappa shape index (κ1) is 11.9. The molecule has 0 saturated heterocycles. The lowest BCUT2D eigenvalue weighted by Gasteiger charge is -2.30. The Hall–Kier alpha value is -0.0800. The van der Waals surface area contributed by atoms with Gasteiger partial charge in [0.05, 0.1) is 0 Å². The van der Waals surface area contributed by atoms with Gasteiger partial charge in [0.25, 0.3) is 0 Å². The molecule has 0 aliphatic rings. The third-order valence-electron chi connectivity index (χ3n) is 3.09. The molecule has 0 aromatic carbocycles. The molecule has 0 fully saturated rings. The van der Waals surface area contributed by atoms with Crippen molar-refractivity contribution >= 4 is 0 Å². The SMILES string of the molecule is CCC(CC)(CN)CCCCN. The molecule has 0 aliphatic carbocycles. The van der Waals surface area contributed by atoms with E-state index in [2.05, 4.69) is 13.8 Å². The van der Waals surface area contributed by atoms with Gasteiger partial charge in [0.15, 0.2) is 0 Å². The summed E-state index contributed by atoms with van der Waals surface area (Å²) in [6.45, 7) is 6.11. The van der Waals surface area contributed by atoms with Crippen LogP contribution in [-0.2, 0) is 0 Å². The molecule has 0 radical (unpaired) electrons. The molecule has 0 aromatic rings. The van der Waals surface area contributed by atoms with Crippen LogP contribution in [0.3, 0.4) is 0 Å². The number of hydrogen-bond donors (Lipinski definition) is 2. The van der Waals surface area contributed by atoms with Gasteiger partial charge < -0.3 is 11.5 Å². The molecular formula is C10H24N2. The lowest BCUT2D eigenvalue weighted by atomic mass is 9.78. The molecule has 0 amide bonds. The van der Waals surface area contributed by atoms with Crippen molar-refractivity contribution in [3.8, 4) is 0 Å². The van der Waals surface area contributed by atoms with Gasteiger partial charge in [0, 0.05) is 0 Å². The molecule has 0 heterocycles. The molecule has 74 valence electrons. The monoisotopic (exact) mass is 172 g/mol. The third-order valence-corrected chi connectivity index (χ3v) is 3.09. The maximum atomic E-state index is 5.78. The minimum atomic E-state index is 0.398. The normalized spacial score (nSPS) is 12.0. The summed E-state index contributed by atoms with van der Waals surface area (Å²) in [5.74, 6) is 0. The van der Waals surface area contributed by atoms with Crippen LogP contribution in [0.1, 0.15) is 46.0 Å². The van der Waals surface area contributed by atoms with Crippen LogP contribution in [0.25, 0.3) is 0 Å². The molecule has 12 heavy (non-hydrogen) atoms. The Labute approximate surface area is 76.7 Å². The number of unbranched alkanes of at least 4 members (excludes halogenated alkanes) is 1. The van der Waals surface area contributed by atoms with Crippen molar-refractivity contribution in [1.82, 2.24) is 0 Å². The highest BCUT2D eigenvalue weighted by Crippen LogP contribution is 2.30. The van der Waals surface area contributed by atoms with Gasteiger partial charge in [-0.15, -0.1) is 0 Å². The Morgan fingerprint density at radius 1 is 1.00 bits per heavy atom. The molecule has 0 spiro atoms. The third kappa shape index (κ3) is 3.55. The lowest BCUT2D eigenvalue weighted by Crippen LogP contribution is -2.29. The minimum absolute atomic E-state index is 0.398. The van der Waals surface area contributed by atoms with Crippen molar-refractivity contribution in [2.75, 3.05) is 13.1 Å². The predicted octanol–water partition coefficient (Wildman–Crippen LogP) is 1.88.